The molecule has 0 saturated carbocycles. The Bertz CT molecular complexity index is 375. The van der Waals surface area contributed by atoms with E-state index >= 15 is 0 Å². The average Bonchev–Trinajstić information content (AvgIpc) is 2.27. The lowest BCUT2D eigenvalue weighted by molar-refractivity contribution is 0.411. The number of anilines is 1. The maximum atomic E-state index is 5.31. The van der Waals surface area contributed by atoms with Crippen molar-refractivity contribution in [1.82, 2.24) is 0 Å². The number of hydrogen-bond donors (Lipinski definition) is 1. The number of ether oxygens (including phenoxy) is 1. The lowest BCUT2D eigenvalue weighted by Crippen LogP contribution is -2.23. The van der Waals surface area contributed by atoms with E-state index in [-0.39, 0.29) is 0 Å². The molecule has 2 nitrogen and oxygen atoms in total. The molecule has 0 aliphatic carbocycles. The molecule has 1 aromatic carbocycles. The fourth-order valence-corrected chi connectivity index (χ4v) is 2.56. The molecule has 0 radical (unpaired) electrons. The van der Waals surface area contributed by atoms with Crippen molar-refractivity contribution < 1.29 is 4.74 Å². The van der Waals surface area contributed by atoms with Gasteiger partial charge in [-0.15, -0.1) is 0 Å². The lowest BCUT2D eigenvalue weighted by Gasteiger charge is -2.24. The number of rotatable bonds is 7. The molecule has 0 aliphatic heterocycles. The van der Waals surface area contributed by atoms with Gasteiger partial charge in [0.05, 0.1) is 7.11 Å². The van der Waals surface area contributed by atoms with Crippen LogP contribution >= 0.6 is 0 Å². The van der Waals surface area contributed by atoms with E-state index in [2.05, 4.69) is 52.1 Å². The normalized spacial score (nSPS) is 11.4. The van der Waals surface area contributed by atoms with Crippen LogP contribution in [-0.4, -0.2) is 13.2 Å². The SMILES string of the molecule is COc1ccc(NC(CC(C)C)CC(C)C)cc1C. The van der Waals surface area contributed by atoms with Crippen LogP contribution in [0.5, 0.6) is 5.75 Å². The summed E-state index contributed by atoms with van der Waals surface area (Å²) in [6, 6.07) is 6.87. The Morgan fingerprint density at radius 1 is 1.05 bits per heavy atom. The van der Waals surface area contributed by atoms with Crippen molar-refractivity contribution in [2.45, 2.75) is 53.5 Å². The zero-order valence-electron chi connectivity index (χ0n) is 13.3. The van der Waals surface area contributed by atoms with Crippen molar-refractivity contribution >= 4 is 5.69 Å². The number of methoxy groups -OCH3 is 1. The van der Waals surface area contributed by atoms with Crippen LogP contribution in [0.4, 0.5) is 5.69 Å². The molecule has 0 unspecified atom stereocenters. The van der Waals surface area contributed by atoms with Gasteiger partial charge in [0.15, 0.2) is 0 Å². The number of nitrogens with one attached hydrogen (secondary N) is 1. The first-order chi connectivity index (χ1) is 8.92. The van der Waals surface area contributed by atoms with Crippen molar-refractivity contribution in [2.75, 3.05) is 12.4 Å². The molecule has 0 spiro atoms. The monoisotopic (exact) mass is 263 g/mol. The molecule has 2 heteroatoms. The largest absolute Gasteiger partial charge is 0.496 e. The van der Waals surface area contributed by atoms with Crippen LogP contribution in [0.3, 0.4) is 0 Å². The minimum absolute atomic E-state index is 0.549. The van der Waals surface area contributed by atoms with Crippen LogP contribution < -0.4 is 10.1 Å². The van der Waals surface area contributed by atoms with Gasteiger partial charge in [0, 0.05) is 11.7 Å². The van der Waals surface area contributed by atoms with Crippen LogP contribution in [0.1, 0.15) is 46.1 Å². The second-order valence-corrected chi connectivity index (χ2v) is 6.28. The van der Waals surface area contributed by atoms with E-state index in [4.69, 9.17) is 4.74 Å². The van der Waals surface area contributed by atoms with Crippen molar-refractivity contribution in [3.63, 3.8) is 0 Å². The van der Waals surface area contributed by atoms with E-state index < -0.39 is 0 Å². The van der Waals surface area contributed by atoms with Crippen LogP contribution in [-0.2, 0) is 0 Å². The summed E-state index contributed by atoms with van der Waals surface area (Å²) >= 11 is 0. The Kier molecular flexibility index (Phi) is 6.20. The highest BCUT2D eigenvalue weighted by molar-refractivity contribution is 5.51. The van der Waals surface area contributed by atoms with Gasteiger partial charge in [0.1, 0.15) is 5.75 Å². The van der Waals surface area contributed by atoms with E-state index in [1.54, 1.807) is 7.11 Å². The third-order valence-corrected chi connectivity index (χ3v) is 3.28. The molecule has 19 heavy (non-hydrogen) atoms. The van der Waals surface area contributed by atoms with E-state index in [1.165, 1.54) is 24.1 Å². The van der Waals surface area contributed by atoms with Gasteiger partial charge < -0.3 is 10.1 Å². The quantitative estimate of drug-likeness (QED) is 0.757. The van der Waals surface area contributed by atoms with Gasteiger partial charge in [-0.1, -0.05) is 27.7 Å². The first-order valence-electron chi connectivity index (χ1n) is 7.33. The standard InChI is InChI=1S/C17H29NO/c1-12(2)9-16(10-13(3)4)18-15-7-8-17(19-6)14(5)11-15/h7-8,11-13,16,18H,9-10H2,1-6H3. The van der Waals surface area contributed by atoms with Crippen molar-refractivity contribution in [3.05, 3.63) is 23.8 Å². The van der Waals surface area contributed by atoms with Crippen LogP contribution in [0, 0.1) is 18.8 Å². The van der Waals surface area contributed by atoms with Gasteiger partial charge in [-0.05, 0) is 55.4 Å². The summed E-state index contributed by atoms with van der Waals surface area (Å²) in [6.45, 7) is 11.2. The second-order valence-electron chi connectivity index (χ2n) is 6.28. The molecule has 0 atom stereocenters. The maximum absolute atomic E-state index is 5.31. The van der Waals surface area contributed by atoms with Crippen LogP contribution in [0.25, 0.3) is 0 Å². The fourth-order valence-electron chi connectivity index (χ4n) is 2.56. The van der Waals surface area contributed by atoms with Crippen molar-refractivity contribution in [1.29, 1.82) is 0 Å². The minimum Gasteiger partial charge on any atom is -0.496 e. The highest BCUT2D eigenvalue weighted by Gasteiger charge is 2.13. The van der Waals surface area contributed by atoms with Gasteiger partial charge in [-0.3, -0.25) is 0 Å². The van der Waals surface area contributed by atoms with Gasteiger partial charge in [0.2, 0.25) is 0 Å². The van der Waals surface area contributed by atoms with Crippen molar-refractivity contribution in [2.24, 2.45) is 11.8 Å². The summed E-state index contributed by atoms with van der Waals surface area (Å²) in [5, 5.41) is 3.68. The summed E-state index contributed by atoms with van der Waals surface area (Å²) in [5.74, 6) is 2.39. The number of hydrogen-bond acceptors (Lipinski definition) is 2. The summed E-state index contributed by atoms with van der Waals surface area (Å²) in [5.41, 5.74) is 2.38. The molecule has 0 bridgehead atoms. The Balaban J connectivity index is 2.74. The zero-order chi connectivity index (χ0) is 14.4. The van der Waals surface area contributed by atoms with E-state index in [9.17, 15) is 0 Å². The van der Waals surface area contributed by atoms with E-state index in [0.717, 1.165) is 17.6 Å². The first-order valence-corrected chi connectivity index (χ1v) is 7.33. The van der Waals surface area contributed by atoms with Crippen LogP contribution in [0.2, 0.25) is 0 Å². The molecule has 1 aromatic rings. The Morgan fingerprint density at radius 3 is 2.05 bits per heavy atom. The van der Waals surface area contributed by atoms with Gasteiger partial charge in [0.25, 0.3) is 0 Å². The second kappa shape index (κ2) is 7.42. The first kappa shape index (κ1) is 15.9. The lowest BCUT2D eigenvalue weighted by atomic mass is 9.95. The van der Waals surface area contributed by atoms with Gasteiger partial charge in [-0.2, -0.15) is 0 Å². The topological polar surface area (TPSA) is 21.3 Å². The van der Waals surface area contributed by atoms with E-state index in [0.29, 0.717) is 6.04 Å². The third-order valence-electron chi connectivity index (χ3n) is 3.28. The summed E-state index contributed by atoms with van der Waals surface area (Å²) in [6.07, 6.45) is 2.42. The fraction of sp³-hybridized carbons (Fsp3) is 0.647. The highest BCUT2D eigenvalue weighted by atomic mass is 16.5. The average molecular weight is 263 g/mol. The summed E-state index contributed by atoms with van der Waals surface area (Å²) in [7, 11) is 1.72. The predicted molar refractivity (Wildman–Crippen MR) is 84.1 cm³/mol. The zero-order valence-corrected chi connectivity index (χ0v) is 13.3. The minimum atomic E-state index is 0.549. The molecular weight excluding hydrogens is 234 g/mol. The third kappa shape index (κ3) is 5.54. The molecule has 1 rings (SSSR count). The summed E-state index contributed by atoms with van der Waals surface area (Å²) < 4.78 is 5.31. The molecular formula is C17H29NO. The Labute approximate surface area is 118 Å². The molecule has 108 valence electrons. The Hall–Kier alpha value is -1.18. The van der Waals surface area contributed by atoms with Gasteiger partial charge >= 0.3 is 0 Å². The highest BCUT2D eigenvalue weighted by Crippen LogP contribution is 2.24. The predicted octanol–water partition coefficient (Wildman–Crippen LogP) is 4.88. The maximum Gasteiger partial charge on any atom is 0.121 e. The van der Waals surface area contributed by atoms with Crippen LogP contribution in [0.15, 0.2) is 18.2 Å². The van der Waals surface area contributed by atoms with E-state index in [1.807, 2.05) is 6.07 Å². The smallest absolute Gasteiger partial charge is 0.121 e. The molecule has 1 N–H and O–H groups in total. The molecule has 0 heterocycles. The number of benzene rings is 1. The molecule has 0 aliphatic rings. The molecule has 0 fully saturated rings. The van der Waals surface area contributed by atoms with Crippen molar-refractivity contribution in [3.8, 4) is 5.75 Å². The number of aryl methyl sites for hydroxylation is 1. The summed E-state index contributed by atoms with van der Waals surface area (Å²) in [4.78, 5) is 0. The molecule has 0 amide bonds. The molecule has 0 aromatic heterocycles. The Morgan fingerprint density at radius 2 is 1.63 bits per heavy atom. The van der Waals surface area contributed by atoms with Gasteiger partial charge in [-0.25, -0.2) is 0 Å². The molecule has 0 saturated heterocycles.